The number of anilines is 1. The summed E-state index contributed by atoms with van der Waals surface area (Å²) in [4.78, 5) is 12.5. The summed E-state index contributed by atoms with van der Waals surface area (Å²) in [6.07, 6.45) is 10.5. The van der Waals surface area contributed by atoms with Crippen molar-refractivity contribution < 1.29 is 22.0 Å². The molecule has 3 rings (SSSR count). The Bertz CT molecular complexity index is 1530. The maximum atomic E-state index is 13.9. The van der Waals surface area contributed by atoms with Crippen molar-refractivity contribution in [2.45, 2.75) is 115 Å². The van der Waals surface area contributed by atoms with Gasteiger partial charge in [0.1, 0.15) is 5.69 Å². The van der Waals surface area contributed by atoms with Crippen LogP contribution in [0.5, 0.6) is 0 Å². The quantitative estimate of drug-likeness (QED) is 0.0469. The van der Waals surface area contributed by atoms with E-state index in [0.29, 0.717) is 37.0 Å². The molecule has 0 aliphatic carbocycles. The lowest BCUT2D eigenvalue weighted by atomic mass is 9.99. The summed E-state index contributed by atoms with van der Waals surface area (Å²) in [7, 11) is -7.82. The number of hydrogen-bond donors (Lipinski definition) is 2. The molecule has 0 saturated carbocycles. The van der Waals surface area contributed by atoms with Gasteiger partial charge in [-0.1, -0.05) is 91.2 Å². The number of nitrogens with zero attached hydrogens (tertiary/aromatic N) is 3. The van der Waals surface area contributed by atoms with Gasteiger partial charge in [0.05, 0.1) is 15.5 Å². The van der Waals surface area contributed by atoms with Crippen LogP contribution in [-0.4, -0.2) is 56.8 Å². The van der Waals surface area contributed by atoms with E-state index in [-0.39, 0.29) is 31.9 Å². The van der Waals surface area contributed by atoms with Gasteiger partial charge in [-0.2, -0.15) is 8.61 Å². The summed E-state index contributed by atoms with van der Waals surface area (Å²) in [5, 5.41) is 14.7. The average molecular weight is 677 g/mol. The number of hydrogen-bond acceptors (Lipinski definition) is 8. The molecular formula is C34H52N4O6S2. The van der Waals surface area contributed by atoms with Crippen LogP contribution in [0.1, 0.15) is 105 Å². The molecule has 10 nitrogen and oxygen atoms in total. The lowest BCUT2D eigenvalue weighted by Crippen LogP contribution is -2.33. The summed E-state index contributed by atoms with van der Waals surface area (Å²) in [6.45, 7) is 9.85. The third-order valence-electron chi connectivity index (χ3n) is 8.55. The van der Waals surface area contributed by atoms with Crippen molar-refractivity contribution in [2.75, 3.05) is 31.7 Å². The maximum absolute atomic E-state index is 13.9. The van der Waals surface area contributed by atoms with Crippen LogP contribution in [0.25, 0.3) is 21.5 Å². The van der Waals surface area contributed by atoms with E-state index in [4.69, 9.17) is 0 Å². The van der Waals surface area contributed by atoms with Gasteiger partial charge in [-0.15, -0.1) is 4.91 Å². The molecular weight excluding hydrogens is 625 g/mol. The molecule has 256 valence electrons. The van der Waals surface area contributed by atoms with Crippen LogP contribution in [0, 0.1) is 4.91 Å². The predicted molar refractivity (Wildman–Crippen MR) is 188 cm³/mol. The van der Waals surface area contributed by atoms with Crippen molar-refractivity contribution >= 4 is 53.0 Å². The number of nitrogens with one attached hydrogen (secondary N) is 1. The van der Waals surface area contributed by atoms with Crippen molar-refractivity contribution in [1.82, 2.24) is 8.61 Å². The summed E-state index contributed by atoms with van der Waals surface area (Å²) in [5.74, 6) is 0. The van der Waals surface area contributed by atoms with Crippen molar-refractivity contribution in [3.63, 3.8) is 0 Å². The first-order valence-electron chi connectivity index (χ1n) is 16.9. The Balaban J connectivity index is 2.19. The molecule has 0 aliphatic rings. The zero-order valence-electron chi connectivity index (χ0n) is 27.9. The molecule has 0 aromatic heterocycles. The first kappa shape index (κ1) is 37.8. The van der Waals surface area contributed by atoms with E-state index in [1.54, 1.807) is 12.1 Å². The number of benzene rings is 3. The molecule has 0 heterocycles. The second-order valence-electron chi connectivity index (χ2n) is 12.0. The van der Waals surface area contributed by atoms with Crippen LogP contribution in [0.4, 0.5) is 11.4 Å². The highest BCUT2D eigenvalue weighted by Gasteiger charge is 2.28. The molecule has 46 heavy (non-hydrogen) atoms. The lowest BCUT2D eigenvalue weighted by Gasteiger charge is -2.23. The molecule has 0 amide bonds. The molecule has 0 aliphatic heterocycles. The van der Waals surface area contributed by atoms with Crippen molar-refractivity contribution in [1.29, 1.82) is 0 Å². The molecule has 2 N–H and O–H groups in total. The molecule has 0 radical (unpaired) electrons. The largest absolute Gasteiger partial charge is 0.291 e. The Morgan fingerprint density at radius 1 is 0.587 bits per heavy atom. The third kappa shape index (κ3) is 8.83. The van der Waals surface area contributed by atoms with Gasteiger partial charge in [-0.25, -0.2) is 16.8 Å². The Labute approximate surface area is 275 Å². The number of rotatable bonds is 22. The fraction of sp³-hybridized carbons (Fsp3) is 0.588. The minimum atomic E-state index is -3.91. The van der Waals surface area contributed by atoms with Crippen LogP contribution < -0.4 is 5.48 Å². The zero-order chi connectivity index (χ0) is 33.7. The third-order valence-corrected chi connectivity index (χ3v) is 12.3. The fourth-order valence-electron chi connectivity index (χ4n) is 5.86. The predicted octanol–water partition coefficient (Wildman–Crippen LogP) is 8.93. The minimum absolute atomic E-state index is 0.0166. The molecule has 12 heteroatoms. The number of nitroso groups, excluding NO2 is 1. The number of unbranched alkanes of at least 4 members (excludes halogenated alkanes) is 8. The Kier molecular flexibility index (Phi) is 14.8. The van der Waals surface area contributed by atoms with Crippen molar-refractivity contribution in [2.24, 2.45) is 5.18 Å². The highest BCUT2D eigenvalue weighted by atomic mass is 32.2. The highest BCUT2D eigenvalue weighted by molar-refractivity contribution is 7.89. The van der Waals surface area contributed by atoms with E-state index < -0.39 is 20.0 Å². The summed E-state index contributed by atoms with van der Waals surface area (Å²) < 4.78 is 58.7. The Morgan fingerprint density at radius 2 is 0.935 bits per heavy atom. The standard InChI is InChI=1S/C34H52N4O6S2/c1-5-9-13-21-37(22-14-10-6-2)45(41,42)27-17-19-29-31(25-27)34(36-40)32-26-28(18-20-30(32)33(29)35-39)46(43,44)38(23-15-11-7-3)24-16-12-8-4/h17-20,25-26,35,39H,5-16,21-24H2,1-4H3. The molecule has 0 unspecified atom stereocenters. The van der Waals surface area contributed by atoms with Gasteiger partial charge >= 0.3 is 0 Å². The summed E-state index contributed by atoms with van der Waals surface area (Å²) in [5.41, 5.74) is 2.35. The van der Waals surface area contributed by atoms with Gasteiger partial charge in [0, 0.05) is 47.7 Å². The summed E-state index contributed by atoms with van der Waals surface area (Å²) >= 11 is 0. The van der Waals surface area contributed by atoms with Crippen LogP contribution in [0.15, 0.2) is 51.4 Å². The van der Waals surface area contributed by atoms with Gasteiger partial charge in [0.15, 0.2) is 0 Å². The molecule has 0 fully saturated rings. The zero-order valence-corrected chi connectivity index (χ0v) is 29.6. The van der Waals surface area contributed by atoms with E-state index in [0.717, 1.165) is 77.0 Å². The highest BCUT2D eigenvalue weighted by Crippen LogP contribution is 2.43. The van der Waals surface area contributed by atoms with Crippen molar-refractivity contribution in [3.05, 3.63) is 41.3 Å². The summed E-state index contributed by atoms with van der Waals surface area (Å²) in [6, 6.07) is 8.90. The van der Waals surface area contributed by atoms with E-state index in [2.05, 4.69) is 38.4 Å². The van der Waals surface area contributed by atoms with Crippen molar-refractivity contribution in [3.8, 4) is 0 Å². The molecule has 0 spiro atoms. The first-order chi connectivity index (χ1) is 22.1. The van der Waals surface area contributed by atoms with E-state index in [9.17, 15) is 26.9 Å². The average Bonchev–Trinajstić information content (AvgIpc) is 3.05. The monoisotopic (exact) mass is 676 g/mol. The van der Waals surface area contributed by atoms with Crippen LogP contribution in [0.2, 0.25) is 0 Å². The van der Waals surface area contributed by atoms with Gasteiger partial charge in [0.2, 0.25) is 20.0 Å². The number of fused-ring (bicyclic) bond motifs is 2. The van der Waals surface area contributed by atoms with Gasteiger partial charge in [-0.05, 0) is 55.1 Å². The fourth-order valence-corrected chi connectivity index (χ4v) is 8.95. The van der Waals surface area contributed by atoms with Gasteiger partial charge < -0.3 is 0 Å². The second-order valence-corrected chi connectivity index (χ2v) is 15.9. The maximum Gasteiger partial charge on any atom is 0.243 e. The molecule has 3 aromatic rings. The smallest absolute Gasteiger partial charge is 0.243 e. The van der Waals surface area contributed by atoms with E-state index >= 15 is 0 Å². The SMILES string of the molecule is CCCCCN(CCCCC)S(=O)(=O)c1ccc2c(NO)c3ccc(S(=O)(=O)N(CCCCC)CCCCC)cc3c(N=O)c2c1. The second kappa shape index (κ2) is 18.1. The van der Waals surface area contributed by atoms with Crippen LogP contribution in [0.3, 0.4) is 0 Å². The molecule has 0 bridgehead atoms. The molecule has 0 saturated heterocycles. The molecule has 3 aromatic carbocycles. The first-order valence-corrected chi connectivity index (χ1v) is 19.8. The Morgan fingerprint density at radius 3 is 1.22 bits per heavy atom. The number of sulfonamides is 2. The van der Waals surface area contributed by atoms with Crippen LogP contribution in [-0.2, 0) is 20.0 Å². The van der Waals surface area contributed by atoms with E-state index in [1.807, 2.05) is 0 Å². The lowest BCUT2D eigenvalue weighted by molar-refractivity contribution is 0.388. The Hall–Kier alpha value is -2.64. The van der Waals surface area contributed by atoms with E-state index in [1.165, 1.54) is 32.9 Å². The van der Waals surface area contributed by atoms with Crippen LogP contribution >= 0.6 is 0 Å². The molecule has 0 atom stereocenters. The van der Waals surface area contributed by atoms with Gasteiger partial charge in [0.25, 0.3) is 0 Å². The minimum Gasteiger partial charge on any atom is -0.291 e. The normalized spacial score (nSPS) is 12.5. The topological polar surface area (TPSA) is 136 Å². The van der Waals surface area contributed by atoms with Gasteiger partial charge in [-0.3, -0.25) is 10.7 Å².